The van der Waals surface area contributed by atoms with E-state index in [1.807, 2.05) is 4.90 Å². The van der Waals surface area contributed by atoms with Crippen LogP contribution in [-0.2, 0) is 13.0 Å². The highest BCUT2D eigenvalue weighted by Gasteiger charge is 2.16. The largest absolute Gasteiger partial charge is 0.338 e. The fraction of sp³-hybridized carbons (Fsp3) is 0.462. The summed E-state index contributed by atoms with van der Waals surface area (Å²) in [6, 6.07) is 8.37. The van der Waals surface area contributed by atoms with E-state index in [2.05, 4.69) is 29.6 Å². The van der Waals surface area contributed by atoms with Crippen LogP contribution in [0.4, 0.5) is 4.79 Å². The molecule has 1 aromatic rings. The van der Waals surface area contributed by atoms with Gasteiger partial charge in [0.2, 0.25) is 0 Å². The van der Waals surface area contributed by atoms with Gasteiger partial charge in [0.05, 0.1) is 0 Å². The van der Waals surface area contributed by atoms with Gasteiger partial charge in [0.15, 0.2) is 0 Å². The van der Waals surface area contributed by atoms with Gasteiger partial charge in [-0.3, -0.25) is 0 Å². The Morgan fingerprint density at radius 1 is 1.24 bits per heavy atom. The zero-order chi connectivity index (χ0) is 12.1. The van der Waals surface area contributed by atoms with Crippen molar-refractivity contribution in [1.82, 2.24) is 10.2 Å². The first-order chi connectivity index (χ1) is 8.29. The molecule has 0 unspecified atom stereocenters. The van der Waals surface area contributed by atoms with Gasteiger partial charge in [-0.2, -0.15) is 0 Å². The Balaban J connectivity index is 1.95. The number of carbonyl (C=O) groups excluding carboxylic acids is 1. The minimum atomic E-state index is 0.0438. The summed E-state index contributed by atoms with van der Waals surface area (Å²) in [6.07, 6.45) is 1.93. The molecule has 1 saturated heterocycles. The fourth-order valence-electron chi connectivity index (χ4n) is 2.03. The number of nitrogens with two attached hydrogens (primary N) is 1. The van der Waals surface area contributed by atoms with Crippen LogP contribution in [0, 0.1) is 0 Å². The number of hydrogen-bond acceptors (Lipinski definition) is 2. The highest BCUT2D eigenvalue weighted by atomic mass is 16.2. The van der Waals surface area contributed by atoms with Crippen LogP contribution in [0.5, 0.6) is 0 Å². The Hall–Kier alpha value is -1.55. The summed E-state index contributed by atoms with van der Waals surface area (Å²) < 4.78 is 0. The van der Waals surface area contributed by atoms with E-state index in [1.54, 1.807) is 0 Å². The van der Waals surface area contributed by atoms with Crippen molar-refractivity contribution in [1.29, 1.82) is 0 Å². The predicted octanol–water partition coefficient (Wildman–Crippen LogP) is 1.10. The molecular weight excluding hydrogens is 214 g/mol. The predicted molar refractivity (Wildman–Crippen MR) is 67.6 cm³/mol. The van der Waals surface area contributed by atoms with Crippen molar-refractivity contribution in [2.75, 3.05) is 19.6 Å². The lowest BCUT2D eigenvalue weighted by Gasteiger charge is -2.27. The third kappa shape index (κ3) is 3.20. The maximum absolute atomic E-state index is 11.6. The molecule has 17 heavy (non-hydrogen) atoms. The molecule has 1 heterocycles. The van der Waals surface area contributed by atoms with Crippen LogP contribution < -0.4 is 11.1 Å². The van der Waals surface area contributed by atoms with E-state index in [0.717, 1.165) is 25.9 Å². The molecule has 1 aliphatic heterocycles. The Labute approximate surface area is 102 Å². The van der Waals surface area contributed by atoms with Gasteiger partial charge in [0.1, 0.15) is 0 Å². The van der Waals surface area contributed by atoms with Crippen LogP contribution in [0.3, 0.4) is 0 Å². The zero-order valence-electron chi connectivity index (χ0n) is 9.98. The van der Waals surface area contributed by atoms with Crippen LogP contribution in [0.2, 0.25) is 0 Å². The Morgan fingerprint density at radius 2 is 1.94 bits per heavy atom. The van der Waals surface area contributed by atoms with Gasteiger partial charge in [-0.05, 0) is 30.5 Å². The van der Waals surface area contributed by atoms with Gasteiger partial charge in [-0.15, -0.1) is 0 Å². The maximum Gasteiger partial charge on any atom is 0.317 e. The molecular formula is C13H19N3O. The SMILES string of the molecule is NCCc1ccc(CN2CCCNC2=O)cc1. The van der Waals surface area contributed by atoms with E-state index < -0.39 is 0 Å². The Morgan fingerprint density at radius 3 is 2.59 bits per heavy atom. The van der Waals surface area contributed by atoms with Crippen LogP contribution in [0.15, 0.2) is 24.3 Å². The minimum absolute atomic E-state index is 0.0438. The molecule has 0 aromatic heterocycles. The second-order valence-corrected chi connectivity index (χ2v) is 4.36. The number of nitrogens with one attached hydrogen (secondary N) is 1. The number of hydrogen-bond donors (Lipinski definition) is 2. The van der Waals surface area contributed by atoms with Crippen molar-refractivity contribution in [3.05, 3.63) is 35.4 Å². The van der Waals surface area contributed by atoms with Gasteiger partial charge in [0, 0.05) is 19.6 Å². The number of carbonyl (C=O) groups is 1. The van der Waals surface area contributed by atoms with E-state index in [0.29, 0.717) is 13.1 Å². The first kappa shape index (κ1) is 11.9. The van der Waals surface area contributed by atoms with Crippen molar-refractivity contribution in [2.24, 2.45) is 5.73 Å². The lowest BCUT2D eigenvalue weighted by molar-refractivity contribution is 0.183. The molecule has 0 aliphatic carbocycles. The van der Waals surface area contributed by atoms with Gasteiger partial charge in [-0.25, -0.2) is 4.79 Å². The maximum atomic E-state index is 11.6. The molecule has 3 N–H and O–H groups in total. The molecule has 0 atom stereocenters. The molecule has 2 rings (SSSR count). The lowest BCUT2D eigenvalue weighted by Crippen LogP contribution is -2.45. The normalized spacial score (nSPS) is 15.8. The first-order valence-electron chi connectivity index (χ1n) is 6.10. The van der Waals surface area contributed by atoms with Gasteiger partial charge in [0.25, 0.3) is 0 Å². The molecule has 0 bridgehead atoms. The zero-order valence-corrected chi connectivity index (χ0v) is 9.98. The molecule has 2 amide bonds. The van der Waals surface area contributed by atoms with Gasteiger partial charge >= 0.3 is 6.03 Å². The summed E-state index contributed by atoms with van der Waals surface area (Å²) in [5.41, 5.74) is 7.92. The van der Waals surface area contributed by atoms with Gasteiger partial charge < -0.3 is 16.0 Å². The average Bonchev–Trinajstić information content (AvgIpc) is 2.35. The van der Waals surface area contributed by atoms with Crippen LogP contribution in [-0.4, -0.2) is 30.6 Å². The van der Waals surface area contributed by atoms with E-state index in [1.165, 1.54) is 11.1 Å². The average molecular weight is 233 g/mol. The number of benzene rings is 1. The smallest absolute Gasteiger partial charge is 0.317 e. The van der Waals surface area contributed by atoms with Crippen molar-refractivity contribution < 1.29 is 4.79 Å². The molecule has 0 spiro atoms. The van der Waals surface area contributed by atoms with Crippen molar-refractivity contribution in [3.8, 4) is 0 Å². The summed E-state index contributed by atoms with van der Waals surface area (Å²) in [4.78, 5) is 13.4. The molecule has 1 fully saturated rings. The van der Waals surface area contributed by atoms with Crippen molar-refractivity contribution in [3.63, 3.8) is 0 Å². The second kappa shape index (κ2) is 5.68. The second-order valence-electron chi connectivity index (χ2n) is 4.36. The quantitative estimate of drug-likeness (QED) is 0.818. The molecule has 4 nitrogen and oxygen atoms in total. The summed E-state index contributed by atoms with van der Waals surface area (Å²) in [5.74, 6) is 0. The monoisotopic (exact) mass is 233 g/mol. The highest BCUT2D eigenvalue weighted by Crippen LogP contribution is 2.10. The number of amides is 2. The van der Waals surface area contributed by atoms with E-state index in [9.17, 15) is 4.79 Å². The van der Waals surface area contributed by atoms with E-state index in [4.69, 9.17) is 5.73 Å². The number of rotatable bonds is 4. The van der Waals surface area contributed by atoms with Crippen LogP contribution >= 0.6 is 0 Å². The summed E-state index contributed by atoms with van der Waals surface area (Å²) >= 11 is 0. The molecule has 1 aliphatic rings. The third-order valence-corrected chi connectivity index (χ3v) is 3.00. The summed E-state index contributed by atoms with van der Waals surface area (Å²) in [6.45, 7) is 3.00. The van der Waals surface area contributed by atoms with Gasteiger partial charge in [-0.1, -0.05) is 24.3 Å². The molecule has 92 valence electrons. The van der Waals surface area contributed by atoms with Crippen LogP contribution in [0.1, 0.15) is 17.5 Å². The summed E-state index contributed by atoms with van der Waals surface area (Å²) in [5, 5.41) is 2.85. The van der Waals surface area contributed by atoms with Crippen molar-refractivity contribution in [2.45, 2.75) is 19.4 Å². The highest BCUT2D eigenvalue weighted by molar-refractivity contribution is 5.74. The van der Waals surface area contributed by atoms with Crippen LogP contribution in [0.25, 0.3) is 0 Å². The first-order valence-corrected chi connectivity index (χ1v) is 6.10. The Bertz CT molecular complexity index is 375. The minimum Gasteiger partial charge on any atom is -0.338 e. The standard InChI is InChI=1S/C13H19N3O/c14-7-6-11-2-4-12(5-3-11)10-16-9-1-8-15-13(16)17/h2-5H,1,6-10,14H2,(H,15,17). The number of urea groups is 1. The number of nitrogens with zero attached hydrogens (tertiary/aromatic N) is 1. The fourth-order valence-corrected chi connectivity index (χ4v) is 2.03. The summed E-state index contributed by atoms with van der Waals surface area (Å²) in [7, 11) is 0. The topological polar surface area (TPSA) is 58.4 Å². The Kier molecular flexibility index (Phi) is 3.98. The van der Waals surface area contributed by atoms with Crippen molar-refractivity contribution >= 4 is 6.03 Å². The third-order valence-electron chi connectivity index (χ3n) is 3.00. The van der Waals surface area contributed by atoms with E-state index >= 15 is 0 Å². The van der Waals surface area contributed by atoms with E-state index in [-0.39, 0.29) is 6.03 Å². The lowest BCUT2D eigenvalue weighted by atomic mass is 10.1. The molecule has 0 radical (unpaired) electrons. The molecule has 0 saturated carbocycles. The molecule has 4 heteroatoms. The molecule has 1 aromatic carbocycles.